The van der Waals surface area contributed by atoms with E-state index in [4.69, 9.17) is 5.11 Å². The lowest BCUT2D eigenvalue weighted by molar-refractivity contribution is 0.119. The summed E-state index contributed by atoms with van der Waals surface area (Å²) in [7, 11) is 1.85. The number of hydrogen-bond donors (Lipinski definition) is 3. The number of carbonyl (C=O) groups is 1. The van der Waals surface area contributed by atoms with Crippen LogP contribution in [-0.4, -0.2) is 44.6 Å². The van der Waals surface area contributed by atoms with Crippen LogP contribution in [0.5, 0.6) is 0 Å². The van der Waals surface area contributed by atoms with Crippen LogP contribution in [0.1, 0.15) is 6.42 Å². The van der Waals surface area contributed by atoms with Crippen LogP contribution in [0.2, 0.25) is 0 Å². The van der Waals surface area contributed by atoms with Crippen molar-refractivity contribution >= 4 is 6.09 Å². The summed E-state index contributed by atoms with van der Waals surface area (Å²) in [6.07, 6.45) is 0.394. The lowest BCUT2D eigenvalue weighted by atomic mass is 10.4. The molecule has 5 nitrogen and oxygen atoms in total. The van der Waals surface area contributed by atoms with Crippen molar-refractivity contribution in [1.82, 2.24) is 10.6 Å². The highest BCUT2D eigenvalue weighted by atomic mass is 16.6. The Bertz CT molecular complexity index is 119. The van der Waals surface area contributed by atoms with Gasteiger partial charge in [0.15, 0.2) is 0 Å². The van der Waals surface area contributed by atoms with Gasteiger partial charge in [0.25, 0.3) is 0 Å². The highest BCUT2D eigenvalue weighted by Gasteiger charge is 1.98. The summed E-state index contributed by atoms with van der Waals surface area (Å²) >= 11 is 0. The van der Waals surface area contributed by atoms with E-state index in [2.05, 4.69) is 15.4 Å². The molecular formula is C7H16N2O3. The van der Waals surface area contributed by atoms with Gasteiger partial charge in [-0.3, -0.25) is 0 Å². The van der Waals surface area contributed by atoms with E-state index in [0.29, 0.717) is 6.54 Å². The monoisotopic (exact) mass is 176 g/mol. The Kier molecular flexibility index (Phi) is 7.73. The molecule has 12 heavy (non-hydrogen) atoms. The molecule has 0 rings (SSSR count). The number of nitrogens with one attached hydrogen (secondary N) is 2. The maximum absolute atomic E-state index is 10.7. The van der Waals surface area contributed by atoms with Crippen LogP contribution < -0.4 is 10.6 Å². The fourth-order valence-electron chi connectivity index (χ4n) is 0.645. The van der Waals surface area contributed by atoms with E-state index in [1.165, 1.54) is 0 Å². The molecule has 0 aliphatic carbocycles. The average molecular weight is 176 g/mol. The van der Waals surface area contributed by atoms with Crippen LogP contribution in [0.15, 0.2) is 0 Å². The number of alkyl carbamates (subject to hydrolysis) is 1. The Morgan fingerprint density at radius 2 is 2.25 bits per heavy atom. The van der Waals surface area contributed by atoms with Gasteiger partial charge in [0.2, 0.25) is 0 Å². The molecular weight excluding hydrogens is 160 g/mol. The summed E-state index contributed by atoms with van der Waals surface area (Å²) in [6, 6.07) is 0. The van der Waals surface area contributed by atoms with Crippen molar-refractivity contribution in [3.05, 3.63) is 0 Å². The van der Waals surface area contributed by atoms with Gasteiger partial charge in [-0.25, -0.2) is 4.79 Å². The molecule has 0 aliphatic heterocycles. The Morgan fingerprint density at radius 1 is 1.50 bits per heavy atom. The van der Waals surface area contributed by atoms with Crippen LogP contribution in [0, 0.1) is 0 Å². The third-order valence-electron chi connectivity index (χ3n) is 1.20. The summed E-state index contributed by atoms with van der Waals surface area (Å²) in [6.45, 7) is 1.37. The zero-order valence-corrected chi connectivity index (χ0v) is 7.30. The summed E-state index contributed by atoms with van der Waals surface area (Å²) in [4.78, 5) is 10.7. The lowest BCUT2D eigenvalue weighted by Crippen LogP contribution is -2.28. The molecule has 0 saturated heterocycles. The van der Waals surface area contributed by atoms with Crippen LogP contribution in [0.4, 0.5) is 4.79 Å². The van der Waals surface area contributed by atoms with Gasteiger partial charge in [0.1, 0.15) is 6.61 Å². The maximum atomic E-state index is 10.7. The molecule has 0 heterocycles. The van der Waals surface area contributed by atoms with E-state index in [9.17, 15) is 4.79 Å². The quantitative estimate of drug-likeness (QED) is 0.469. The Labute approximate surface area is 72.1 Å². The van der Waals surface area contributed by atoms with Crippen LogP contribution >= 0.6 is 0 Å². The van der Waals surface area contributed by atoms with E-state index < -0.39 is 6.09 Å². The molecule has 0 aromatic rings. The van der Waals surface area contributed by atoms with Crippen molar-refractivity contribution in [3.8, 4) is 0 Å². The predicted molar refractivity (Wildman–Crippen MR) is 45.0 cm³/mol. The third kappa shape index (κ3) is 7.30. The average Bonchev–Trinajstić information content (AvgIpc) is 2.09. The molecule has 72 valence electrons. The smallest absolute Gasteiger partial charge is 0.407 e. The first kappa shape index (κ1) is 11.2. The number of amides is 1. The maximum Gasteiger partial charge on any atom is 0.407 e. The van der Waals surface area contributed by atoms with Gasteiger partial charge in [-0.1, -0.05) is 0 Å². The summed E-state index contributed by atoms with van der Waals surface area (Å²) in [5, 5.41) is 13.8. The third-order valence-corrected chi connectivity index (χ3v) is 1.20. The van der Waals surface area contributed by atoms with Crippen molar-refractivity contribution < 1.29 is 14.6 Å². The summed E-state index contributed by atoms with van der Waals surface area (Å²) < 4.78 is 4.55. The first-order chi connectivity index (χ1) is 5.81. The van der Waals surface area contributed by atoms with Crippen molar-refractivity contribution in [2.45, 2.75) is 6.42 Å². The van der Waals surface area contributed by atoms with Gasteiger partial charge in [-0.05, 0) is 20.0 Å². The number of carbonyl (C=O) groups excluding carboxylic acids is 1. The van der Waals surface area contributed by atoms with Gasteiger partial charge in [-0.15, -0.1) is 0 Å². The topological polar surface area (TPSA) is 70.6 Å². The SMILES string of the molecule is CNCCCNC(=O)OCCO. The van der Waals surface area contributed by atoms with Crippen LogP contribution in [0.25, 0.3) is 0 Å². The van der Waals surface area contributed by atoms with E-state index in [1.54, 1.807) is 0 Å². The molecule has 0 aromatic heterocycles. The van der Waals surface area contributed by atoms with E-state index in [-0.39, 0.29) is 13.2 Å². The van der Waals surface area contributed by atoms with Gasteiger partial charge in [0.05, 0.1) is 6.61 Å². The second kappa shape index (κ2) is 8.29. The van der Waals surface area contributed by atoms with Crippen LogP contribution in [-0.2, 0) is 4.74 Å². The zero-order valence-electron chi connectivity index (χ0n) is 7.30. The van der Waals surface area contributed by atoms with Crippen molar-refractivity contribution in [2.75, 3.05) is 33.4 Å². The molecule has 0 aromatic carbocycles. The summed E-state index contributed by atoms with van der Waals surface area (Å²) in [5.74, 6) is 0. The lowest BCUT2D eigenvalue weighted by Gasteiger charge is -2.04. The minimum absolute atomic E-state index is 0.0534. The molecule has 0 unspecified atom stereocenters. The number of aliphatic hydroxyl groups excluding tert-OH is 1. The second-order valence-electron chi connectivity index (χ2n) is 2.24. The first-order valence-corrected chi connectivity index (χ1v) is 3.97. The van der Waals surface area contributed by atoms with Gasteiger partial charge in [0, 0.05) is 6.54 Å². The van der Waals surface area contributed by atoms with E-state index in [1.807, 2.05) is 7.05 Å². The largest absolute Gasteiger partial charge is 0.447 e. The Morgan fingerprint density at radius 3 is 2.83 bits per heavy atom. The Balaban J connectivity index is 3.08. The molecule has 0 saturated carbocycles. The van der Waals surface area contributed by atoms with Gasteiger partial charge >= 0.3 is 6.09 Å². The van der Waals surface area contributed by atoms with Crippen molar-refractivity contribution in [3.63, 3.8) is 0 Å². The first-order valence-electron chi connectivity index (χ1n) is 3.97. The molecule has 1 amide bonds. The summed E-state index contributed by atoms with van der Waals surface area (Å²) in [5.41, 5.74) is 0. The predicted octanol–water partition coefficient (Wildman–Crippen LogP) is -0.686. The number of hydrogen-bond acceptors (Lipinski definition) is 4. The molecule has 3 N–H and O–H groups in total. The highest BCUT2D eigenvalue weighted by Crippen LogP contribution is 1.78. The molecule has 0 spiro atoms. The standard InChI is InChI=1S/C7H16N2O3/c1-8-3-2-4-9-7(11)12-6-5-10/h8,10H,2-6H2,1H3,(H,9,11). The minimum Gasteiger partial charge on any atom is -0.447 e. The van der Waals surface area contributed by atoms with Crippen molar-refractivity contribution in [2.24, 2.45) is 0 Å². The van der Waals surface area contributed by atoms with Gasteiger partial charge < -0.3 is 20.5 Å². The molecule has 0 fully saturated rings. The fourth-order valence-corrected chi connectivity index (χ4v) is 0.645. The number of ether oxygens (including phenoxy) is 1. The van der Waals surface area contributed by atoms with E-state index >= 15 is 0 Å². The van der Waals surface area contributed by atoms with Crippen LogP contribution in [0.3, 0.4) is 0 Å². The number of aliphatic hydroxyl groups is 1. The zero-order chi connectivity index (χ0) is 9.23. The normalized spacial score (nSPS) is 9.50. The second-order valence-corrected chi connectivity index (χ2v) is 2.24. The van der Waals surface area contributed by atoms with Crippen molar-refractivity contribution in [1.29, 1.82) is 0 Å². The minimum atomic E-state index is -0.472. The molecule has 0 bridgehead atoms. The molecule has 0 radical (unpaired) electrons. The highest BCUT2D eigenvalue weighted by molar-refractivity contribution is 5.66. The Hall–Kier alpha value is -0.810. The fraction of sp³-hybridized carbons (Fsp3) is 0.857. The molecule has 0 atom stereocenters. The molecule has 5 heteroatoms. The van der Waals surface area contributed by atoms with E-state index in [0.717, 1.165) is 13.0 Å². The number of rotatable bonds is 6. The van der Waals surface area contributed by atoms with Gasteiger partial charge in [-0.2, -0.15) is 0 Å². The molecule has 0 aliphatic rings.